The molecule has 0 aromatic heterocycles. The minimum atomic E-state index is -0.986. The fraction of sp³-hybridized carbons (Fsp3) is 0.857. The Kier molecular flexibility index (Phi) is 2.82. The summed E-state index contributed by atoms with van der Waals surface area (Å²) < 4.78 is 12.9. The van der Waals surface area contributed by atoms with Crippen LogP contribution in [0.5, 0.6) is 0 Å². The topological polar surface area (TPSA) is 49.3 Å². The molecule has 0 saturated carbocycles. The molecule has 4 heteroatoms. The maximum Gasteiger partial charge on any atom is 0.303 e. The van der Waals surface area contributed by atoms with E-state index in [1.54, 1.807) is 0 Å². The van der Waals surface area contributed by atoms with E-state index < -0.39 is 12.1 Å². The third-order valence-corrected chi connectivity index (χ3v) is 1.98. The maximum absolute atomic E-state index is 12.9. The molecule has 1 rings (SSSR count). The van der Waals surface area contributed by atoms with Crippen LogP contribution in [0.3, 0.4) is 0 Å². The monoisotopic (exact) mass is 161 g/mol. The molecule has 0 amide bonds. The summed E-state index contributed by atoms with van der Waals surface area (Å²) in [4.78, 5) is 10.2. The zero-order chi connectivity index (χ0) is 8.27. The van der Waals surface area contributed by atoms with Crippen LogP contribution >= 0.6 is 0 Å². The van der Waals surface area contributed by atoms with Crippen molar-refractivity contribution >= 4 is 5.97 Å². The van der Waals surface area contributed by atoms with E-state index in [2.05, 4.69) is 5.32 Å². The predicted octanol–water partition coefficient (Wildman–Crippen LogP) is 0.409. The number of carboxylic acids is 1. The van der Waals surface area contributed by atoms with Gasteiger partial charge in [0.25, 0.3) is 0 Å². The van der Waals surface area contributed by atoms with Crippen LogP contribution in [0.2, 0.25) is 0 Å². The minimum absolute atomic E-state index is 0.0388. The van der Waals surface area contributed by atoms with E-state index in [1.165, 1.54) is 0 Å². The number of rotatable bonds is 2. The lowest BCUT2D eigenvalue weighted by atomic mass is 9.93. The molecular weight excluding hydrogens is 149 g/mol. The highest BCUT2D eigenvalue weighted by molar-refractivity contribution is 5.67. The smallest absolute Gasteiger partial charge is 0.303 e. The molecule has 0 spiro atoms. The van der Waals surface area contributed by atoms with E-state index in [0.717, 1.165) is 6.54 Å². The Bertz CT molecular complexity index is 151. The minimum Gasteiger partial charge on any atom is -0.481 e. The third kappa shape index (κ3) is 2.46. The van der Waals surface area contributed by atoms with E-state index in [9.17, 15) is 9.18 Å². The number of carboxylic acid groups (broad SMARTS) is 1. The lowest BCUT2D eigenvalue weighted by Gasteiger charge is -2.24. The van der Waals surface area contributed by atoms with Crippen LogP contribution in [0.25, 0.3) is 0 Å². The standard InChI is InChI=1S/C7H12FNO2/c8-6-4-9-2-1-5(6)3-7(10)11/h5-6,9H,1-4H2,(H,10,11)/t5-,6-/m1/s1. The molecule has 0 unspecified atom stereocenters. The van der Waals surface area contributed by atoms with Gasteiger partial charge >= 0.3 is 5.97 Å². The molecule has 2 atom stereocenters. The Hall–Kier alpha value is -0.640. The molecule has 0 aromatic carbocycles. The molecule has 0 aromatic rings. The molecule has 1 fully saturated rings. The average molecular weight is 161 g/mol. The van der Waals surface area contributed by atoms with Gasteiger partial charge in [0.2, 0.25) is 0 Å². The number of aliphatic carboxylic acids is 1. The second kappa shape index (κ2) is 3.67. The molecule has 11 heavy (non-hydrogen) atoms. The average Bonchev–Trinajstić information content (AvgIpc) is 1.93. The third-order valence-electron chi connectivity index (χ3n) is 1.98. The quantitative estimate of drug-likeness (QED) is 0.616. The summed E-state index contributed by atoms with van der Waals surface area (Å²) in [6.07, 6.45) is -0.393. The van der Waals surface area contributed by atoms with Gasteiger partial charge in [-0.05, 0) is 13.0 Å². The summed E-state index contributed by atoms with van der Waals surface area (Å²) >= 11 is 0. The summed E-state index contributed by atoms with van der Waals surface area (Å²) in [5.74, 6) is -1.19. The van der Waals surface area contributed by atoms with Gasteiger partial charge in [0.05, 0.1) is 6.42 Å². The molecule has 64 valence electrons. The van der Waals surface area contributed by atoms with Crippen molar-refractivity contribution in [3.05, 3.63) is 0 Å². The van der Waals surface area contributed by atoms with Crippen molar-refractivity contribution in [3.8, 4) is 0 Å². The van der Waals surface area contributed by atoms with Gasteiger partial charge in [0, 0.05) is 12.5 Å². The second-order valence-electron chi connectivity index (χ2n) is 2.87. The molecule has 2 N–H and O–H groups in total. The Morgan fingerprint density at radius 3 is 3.00 bits per heavy atom. The van der Waals surface area contributed by atoms with Gasteiger partial charge in [-0.2, -0.15) is 0 Å². The first-order valence-electron chi connectivity index (χ1n) is 3.76. The molecule has 1 heterocycles. The van der Waals surface area contributed by atoms with E-state index in [0.29, 0.717) is 13.0 Å². The largest absolute Gasteiger partial charge is 0.481 e. The number of hydrogen-bond donors (Lipinski definition) is 2. The van der Waals surface area contributed by atoms with E-state index in [-0.39, 0.29) is 12.3 Å². The second-order valence-corrected chi connectivity index (χ2v) is 2.87. The van der Waals surface area contributed by atoms with Gasteiger partial charge in [-0.25, -0.2) is 4.39 Å². The number of hydrogen-bond acceptors (Lipinski definition) is 2. The van der Waals surface area contributed by atoms with Crippen molar-refractivity contribution < 1.29 is 14.3 Å². The van der Waals surface area contributed by atoms with Crippen molar-refractivity contribution in [1.29, 1.82) is 0 Å². The number of carbonyl (C=O) groups is 1. The molecule has 0 aliphatic carbocycles. The Balaban J connectivity index is 2.35. The van der Waals surface area contributed by atoms with Crippen molar-refractivity contribution in [2.75, 3.05) is 13.1 Å². The molecule has 0 radical (unpaired) electrons. The summed E-state index contributed by atoms with van der Waals surface area (Å²) in [7, 11) is 0. The summed E-state index contributed by atoms with van der Waals surface area (Å²) in [6.45, 7) is 1.04. The van der Waals surface area contributed by atoms with E-state index in [1.807, 2.05) is 0 Å². The van der Waals surface area contributed by atoms with Crippen LogP contribution < -0.4 is 5.32 Å². The van der Waals surface area contributed by atoms with Crippen LogP contribution in [0.15, 0.2) is 0 Å². The summed E-state index contributed by atoms with van der Waals surface area (Å²) in [5, 5.41) is 11.3. The van der Waals surface area contributed by atoms with Crippen LogP contribution in [0, 0.1) is 5.92 Å². The van der Waals surface area contributed by atoms with Gasteiger partial charge in [-0.15, -0.1) is 0 Å². The van der Waals surface area contributed by atoms with Gasteiger partial charge in [0.15, 0.2) is 0 Å². The molecular formula is C7H12FNO2. The molecule has 1 aliphatic heterocycles. The fourth-order valence-electron chi connectivity index (χ4n) is 1.33. The van der Waals surface area contributed by atoms with Crippen molar-refractivity contribution in [1.82, 2.24) is 5.32 Å². The molecule has 3 nitrogen and oxygen atoms in total. The van der Waals surface area contributed by atoms with Crippen LogP contribution in [-0.4, -0.2) is 30.3 Å². The van der Waals surface area contributed by atoms with Crippen molar-refractivity contribution in [3.63, 3.8) is 0 Å². The molecule has 1 aliphatic rings. The van der Waals surface area contributed by atoms with Crippen LogP contribution in [-0.2, 0) is 4.79 Å². The Morgan fingerprint density at radius 2 is 2.45 bits per heavy atom. The van der Waals surface area contributed by atoms with Crippen molar-refractivity contribution in [2.45, 2.75) is 19.0 Å². The van der Waals surface area contributed by atoms with E-state index in [4.69, 9.17) is 5.11 Å². The summed E-state index contributed by atoms with van der Waals surface area (Å²) in [6, 6.07) is 0. The van der Waals surface area contributed by atoms with E-state index >= 15 is 0 Å². The highest BCUT2D eigenvalue weighted by atomic mass is 19.1. The maximum atomic E-state index is 12.9. The van der Waals surface area contributed by atoms with Gasteiger partial charge in [-0.1, -0.05) is 0 Å². The van der Waals surface area contributed by atoms with Gasteiger partial charge in [0.1, 0.15) is 6.17 Å². The predicted molar refractivity (Wildman–Crippen MR) is 38.1 cm³/mol. The number of piperidine rings is 1. The number of alkyl halides is 1. The first-order chi connectivity index (χ1) is 5.20. The Labute approximate surface area is 64.6 Å². The Morgan fingerprint density at radius 1 is 1.73 bits per heavy atom. The molecule has 0 bridgehead atoms. The van der Waals surface area contributed by atoms with Gasteiger partial charge < -0.3 is 10.4 Å². The highest BCUT2D eigenvalue weighted by Gasteiger charge is 2.26. The lowest BCUT2D eigenvalue weighted by molar-refractivity contribution is -0.138. The zero-order valence-electron chi connectivity index (χ0n) is 6.22. The number of nitrogens with one attached hydrogen (secondary N) is 1. The first-order valence-corrected chi connectivity index (χ1v) is 3.76. The first kappa shape index (κ1) is 8.46. The fourth-order valence-corrected chi connectivity index (χ4v) is 1.33. The van der Waals surface area contributed by atoms with Crippen LogP contribution in [0.4, 0.5) is 4.39 Å². The molecule has 1 saturated heterocycles. The normalized spacial score (nSPS) is 31.7. The van der Waals surface area contributed by atoms with Crippen molar-refractivity contribution in [2.24, 2.45) is 5.92 Å². The summed E-state index contributed by atoms with van der Waals surface area (Å²) in [5.41, 5.74) is 0. The highest BCUT2D eigenvalue weighted by Crippen LogP contribution is 2.18. The van der Waals surface area contributed by atoms with Gasteiger partial charge in [-0.3, -0.25) is 4.79 Å². The lowest BCUT2D eigenvalue weighted by Crippen LogP contribution is -2.38. The van der Waals surface area contributed by atoms with Crippen LogP contribution in [0.1, 0.15) is 12.8 Å². The zero-order valence-corrected chi connectivity index (χ0v) is 6.22. The number of halogens is 1. The SMILES string of the molecule is O=C(O)C[C@H]1CCNC[C@H]1F.